The van der Waals surface area contributed by atoms with Gasteiger partial charge in [-0.15, -0.1) is 0 Å². The molecular weight excluding hydrogens is 316 g/mol. The average molecular weight is 338 g/mol. The summed E-state index contributed by atoms with van der Waals surface area (Å²) in [7, 11) is 0. The van der Waals surface area contributed by atoms with Crippen molar-refractivity contribution >= 4 is 29.6 Å². The van der Waals surface area contributed by atoms with Gasteiger partial charge in [-0.05, 0) is 42.9 Å². The molecule has 1 aliphatic carbocycles. The van der Waals surface area contributed by atoms with Gasteiger partial charge < -0.3 is 15.2 Å². The van der Waals surface area contributed by atoms with Gasteiger partial charge in [0.2, 0.25) is 11.8 Å². The summed E-state index contributed by atoms with van der Waals surface area (Å²) in [5, 5.41) is 5.30. The number of hydrogen-bond acceptors (Lipinski definition) is 5. The van der Waals surface area contributed by atoms with E-state index in [2.05, 4.69) is 10.6 Å². The molecule has 0 atom stereocenters. The van der Waals surface area contributed by atoms with E-state index in [4.69, 9.17) is 4.55 Å². The molecule has 0 aliphatic heterocycles. The van der Waals surface area contributed by atoms with E-state index in [0.29, 0.717) is 24.9 Å². The lowest BCUT2D eigenvalue weighted by molar-refractivity contribution is -0.140. The van der Waals surface area contributed by atoms with E-state index in [9.17, 15) is 14.4 Å². The van der Waals surface area contributed by atoms with Crippen LogP contribution in [-0.4, -0.2) is 41.0 Å². The fourth-order valence-corrected chi connectivity index (χ4v) is 3.06. The Labute approximate surface area is 140 Å². The smallest absolute Gasteiger partial charge is 0.234 e. The van der Waals surface area contributed by atoms with Crippen LogP contribution in [-0.2, 0) is 27.2 Å². The Morgan fingerprint density at radius 1 is 1.17 bits per heavy atom. The van der Waals surface area contributed by atoms with Crippen LogP contribution in [0.1, 0.15) is 19.5 Å². The van der Waals surface area contributed by atoms with Gasteiger partial charge >= 0.3 is 0 Å². The van der Waals surface area contributed by atoms with Gasteiger partial charge in [-0.2, -0.15) is 0 Å². The van der Waals surface area contributed by atoms with Gasteiger partial charge in [0.15, 0.2) is 0 Å². The number of fused-ring (bicyclic) bond motifs is 1. The molecule has 6 nitrogen and oxygen atoms in total. The van der Waals surface area contributed by atoms with Crippen molar-refractivity contribution in [2.45, 2.75) is 19.8 Å². The second-order valence-corrected chi connectivity index (χ2v) is 6.19. The quantitative estimate of drug-likeness (QED) is 0.392. The van der Waals surface area contributed by atoms with Crippen LogP contribution in [0.5, 0.6) is 0 Å². The fraction of sp³-hybridized carbons (Fsp3) is 0.438. The van der Waals surface area contributed by atoms with Crippen LogP contribution in [0.4, 0.5) is 0 Å². The van der Waals surface area contributed by atoms with Crippen molar-refractivity contribution < 1.29 is 20.4 Å². The molecular formula is C16H22N2O4S. The van der Waals surface area contributed by atoms with Crippen molar-refractivity contribution in [3.63, 3.8) is 0 Å². The van der Waals surface area contributed by atoms with Crippen LogP contribution in [0.2, 0.25) is 0 Å². The maximum Gasteiger partial charge on any atom is 0.234 e. The van der Waals surface area contributed by atoms with E-state index in [1.165, 1.54) is 6.92 Å². The highest BCUT2D eigenvalue weighted by Gasteiger charge is 2.47. The summed E-state index contributed by atoms with van der Waals surface area (Å²) in [5.41, 5.74) is 1.02. The monoisotopic (exact) mass is 338 g/mol. The molecule has 0 radical (unpaired) electrons. The minimum Gasteiger partial charge on any atom is -0.354 e. The Morgan fingerprint density at radius 3 is 2.26 bits per heavy atom. The largest absolute Gasteiger partial charge is 0.354 e. The zero-order valence-corrected chi connectivity index (χ0v) is 13.7. The second kappa shape index (κ2) is 7.61. The Balaban J connectivity index is 0.00000288. The normalized spacial score (nSPS) is 14.9. The van der Waals surface area contributed by atoms with Gasteiger partial charge in [0.25, 0.3) is 0 Å². The lowest BCUT2D eigenvalue weighted by atomic mass is 9.80. The summed E-state index contributed by atoms with van der Waals surface area (Å²) in [5.74, 6) is -0.791. The van der Waals surface area contributed by atoms with E-state index in [1.807, 2.05) is 24.3 Å². The third-order valence-corrected chi connectivity index (χ3v) is 4.53. The van der Waals surface area contributed by atoms with Crippen molar-refractivity contribution in [1.82, 2.24) is 10.6 Å². The molecule has 1 aliphatic rings. The first-order valence-electron chi connectivity index (χ1n) is 7.39. The number of benzene rings is 1. The minimum absolute atomic E-state index is 0. The van der Waals surface area contributed by atoms with Crippen LogP contribution in [0.3, 0.4) is 0 Å². The third kappa shape index (κ3) is 3.92. The highest BCUT2D eigenvalue weighted by atomic mass is 32.2. The zero-order valence-electron chi connectivity index (χ0n) is 12.9. The van der Waals surface area contributed by atoms with E-state index in [1.54, 1.807) is 0 Å². The van der Waals surface area contributed by atoms with E-state index >= 15 is 0 Å². The molecule has 0 fully saturated rings. The Bertz CT molecular complexity index is 599. The van der Waals surface area contributed by atoms with Crippen molar-refractivity contribution in [2.75, 3.05) is 18.8 Å². The minimum atomic E-state index is -1.05. The van der Waals surface area contributed by atoms with E-state index in [0.717, 1.165) is 11.1 Å². The van der Waals surface area contributed by atoms with Crippen molar-refractivity contribution in [2.24, 2.45) is 5.41 Å². The van der Waals surface area contributed by atoms with Crippen LogP contribution >= 0.6 is 12.0 Å². The van der Waals surface area contributed by atoms with Crippen LogP contribution < -0.4 is 10.6 Å². The highest BCUT2D eigenvalue weighted by Crippen LogP contribution is 2.38. The lowest BCUT2D eigenvalue weighted by Crippen LogP contribution is -2.48. The van der Waals surface area contributed by atoms with Gasteiger partial charge in [-0.3, -0.25) is 14.4 Å². The van der Waals surface area contributed by atoms with Gasteiger partial charge in [0.1, 0.15) is 11.2 Å². The number of ketones is 1. The molecule has 2 amide bonds. The van der Waals surface area contributed by atoms with Gasteiger partial charge in [-0.25, -0.2) is 0 Å². The molecule has 1 aromatic carbocycles. The molecule has 0 unspecified atom stereocenters. The summed E-state index contributed by atoms with van der Waals surface area (Å²) in [6.07, 6.45) is 0.829. The predicted octanol–water partition coefficient (Wildman–Crippen LogP) is 1.05. The highest BCUT2D eigenvalue weighted by molar-refractivity contribution is 7.94. The SMILES string of the molecule is CC(=O)C1(C(=O)NCCNC(=O)CSO)Cc2ccccc2C1.[HH]. The summed E-state index contributed by atoms with van der Waals surface area (Å²) >= 11 is 0.447. The zero-order chi connectivity index (χ0) is 16.9. The van der Waals surface area contributed by atoms with E-state index < -0.39 is 5.41 Å². The standard InChI is InChI=1S/C16H20N2O4S.H2/c1-11(19)16(8-12-4-2-3-5-13(12)9-16)15(21)18-7-6-17-14(20)10-23-22;/h2-5,22H,6-10H2,1H3,(H,17,20)(H,18,21);1H. The summed E-state index contributed by atoms with van der Waals surface area (Å²) in [6.45, 7) is 1.95. The molecule has 0 spiro atoms. The Morgan fingerprint density at radius 2 is 1.74 bits per heavy atom. The maximum atomic E-state index is 12.6. The van der Waals surface area contributed by atoms with E-state index in [-0.39, 0.29) is 37.9 Å². The van der Waals surface area contributed by atoms with Crippen molar-refractivity contribution in [3.8, 4) is 0 Å². The fourth-order valence-electron chi connectivity index (χ4n) is 2.84. The van der Waals surface area contributed by atoms with Crippen molar-refractivity contribution in [3.05, 3.63) is 35.4 Å². The number of Topliss-reactive ketones (excluding diaryl/α,β-unsaturated/α-hetero) is 1. The van der Waals surface area contributed by atoms with Gasteiger partial charge in [0, 0.05) is 14.5 Å². The van der Waals surface area contributed by atoms with Crippen molar-refractivity contribution in [1.29, 1.82) is 0 Å². The second-order valence-electron chi connectivity index (χ2n) is 5.64. The molecule has 23 heavy (non-hydrogen) atoms. The molecule has 3 N–H and O–H groups in total. The number of carbonyl (C=O) groups excluding carboxylic acids is 3. The molecule has 0 heterocycles. The van der Waals surface area contributed by atoms with Gasteiger partial charge in [-0.1, -0.05) is 24.3 Å². The molecule has 0 bridgehead atoms. The summed E-state index contributed by atoms with van der Waals surface area (Å²) < 4.78 is 8.55. The molecule has 0 aromatic heterocycles. The topological polar surface area (TPSA) is 95.5 Å². The first-order valence-corrected chi connectivity index (χ1v) is 8.33. The lowest BCUT2D eigenvalue weighted by Gasteiger charge is -2.24. The summed E-state index contributed by atoms with van der Waals surface area (Å²) in [4.78, 5) is 35.9. The average Bonchev–Trinajstić information content (AvgIpc) is 2.92. The molecule has 2 rings (SSSR count). The first-order chi connectivity index (χ1) is 11.0. The molecule has 126 valence electrons. The van der Waals surface area contributed by atoms with Crippen LogP contribution in [0, 0.1) is 5.41 Å². The molecule has 7 heteroatoms. The number of amides is 2. The van der Waals surface area contributed by atoms with Crippen LogP contribution in [0.25, 0.3) is 0 Å². The molecule has 0 saturated carbocycles. The Hall–Kier alpha value is -1.86. The number of hydrogen-bond donors (Lipinski definition) is 3. The molecule has 0 saturated heterocycles. The maximum absolute atomic E-state index is 12.6. The predicted molar refractivity (Wildman–Crippen MR) is 90.2 cm³/mol. The summed E-state index contributed by atoms with van der Waals surface area (Å²) in [6, 6.07) is 7.70. The number of nitrogens with one attached hydrogen (secondary N) is 2. The van der Waals surface area contributed by atoms with Gasteiger partial charge in [0.05, 0.1) is 5.75 Å². The molecule has 1 aromatic rings. The Kier molecular flexibility index (Phi) is 5.79. The number of carbonyl (C=O) groups is 3. The number of rotatable bonds is 7. The third-order valence-electron chi connectivity index (χ3n) is 4.14. The van der Waals surface area contributed by atoms with Crippen LogP contribution in [0.15, 0.2) is 24.3 Å². The first kappa shape index (κ1) is 17.5.